The molecule has 0 spiro atoms. The molecule has 0 aromatic carbocycles. The fourth-order valence-electron chi connectivity index (χ4n) is 1.71. The Balaban J connectivity index is 1.93. The third-order valence-corrected chi connectivity index (χ3v) is 2.79. The molecule has 0 saturated heterocycles. The summed E-state index contributed by atoms with van der Waals surface area (Å²) in [5, 5.41) is 6.68. The van der Waals surface area contributed by atoms with Crippen LogP contribution in [0.4, 0.5) is 11.4 Å². The van der Waals surface area contributed by atoms with E-state index in [-0.39, 0.29) is 0 Å². The zero-order valence-electron chi connectivity index (χ0n) is 11.5. The molecule has 2 heterocycles. The van der Waals surface area contributed by atoms with Gasteiger partial charge >= 0.3 is 0 Å². The highest BCUT2D eigenvalue weighted by molar-refractivity contribution is 5.54. The van der Waals surface area contributed by atoms with Crippen LogP contribution in [-0.4, -0.2) is 16.5 Å². The second-order valence-electron chi connectivity index (χ2n) is 4.55. The average molecular weight is 256 g/mol. The quantitative estimate of drug-likeness (QED) is 0.833. The number of rotatable bonds is 6. The molecule has 19 heavy (non-hydrogen) atoms. The zero-order valence-corrected chi connectivity index (χ0v) is 11.5. The number of aryl methyl sites for hydroxylation is 1. The number of nitrogens with zero attached hydrogens (tertiary/aromatic N) is 2. The van der Waals surface area contributed by atoms with Crippen molar-refractivity contribution in [2.24, 2.45) is 0 Å². The highest BCUT2D eigenvalue weighted by atomic mass is 14.9. The molecular weight excluding hydrogens is 236 g/mol. The Kier molecular flexibility index (Phi) is 4.72. The molecule has 0 aliphatic heterocycles. The summed E-state index contributed by atoms with van der Waals surface area (Å²) < 4.78 is 0. The molecule has 4 nitrogen and oxygen atoms in total. The van der Waals surface area contributed by atoms with E-state index in [1.54, 1.807) is 0 Å². The Morgan fingerprint density at radius 1 is 1.05 bits per heavy atom. The van der Waals surface area contributed by atoms with Crippen LogP contribution >= 0.6 is 0 Å². The predicted octanol–water partition coefficient (Wildman–Crippen LogP) is 3.22. The third-order valence-electron chi connectivity index (χ3n) is 2.79. The summed E-state index contributed by atoms with van der Waals surface area (Å²) in [6, 6.07) is 6.18. The van der Waals surface area contributed by atoms with E-state index in [2.05, 4.69) is 39.7 Å². The molecule has 4 heteroatoms. The van der Waals surface area contributed by atoms with Crippen molar-refractivity contribution < 1.29 is 0 Å². The standard InChI is InChI=1S/C15H20N4/c1-3-6-17-14-7-15(11-16-10-14)19-9-13-5-4-12(2)18-8-13/h4-5,7-8,10-11,17,19H,3,6,9H2,1-2H3. The molecule has 0 aliphatic rings. The van der Waals surface area contributed by atoms with Crippen molar-refractivity contribution in [1.29, 1.82) is 0 Å². The predicted molar refractivity (Wildman–Crippen MR) is 79.3 cm³/mol. The van der Waals surface area contributed by atoms with E-state index in [0.717, 1.165) is 42.1 Å². The number of aromatic nitrogens is 2. The van der Waals surface area contributed by atoms with Gasteiger partial charge in [0.1, 0.15) is 0 Å². The van der Waals surface area contributed by atoms with E-state index >= 15 is 0 Å². The topological polar surface area (TPSA) is 49.8 Å². The maximum absolute atomic E-state index is 4.28. The molecule has 0 radical (unpaired) electrons. The van der Waals surface area contributed by atoms with Crippen LogP contribution in [0.25, 0.3) is 0 Å². The third kappa shape index (κ3) is 4.25. The van der Waals surface area contributed by atoms with Crippen molar-refractivity contribution in [2.75, 3.05) is 17.2 Å². The Bertz CT molecular complexity index is 508. The molecule has 0 fully saturated rings. The minimum absolute atomic E-state index is 0.756. The van der Waals surface area contributed by atoms with Gasteiger partial charge in [0.25, 0.3) is 0 Å². The minimum atomic E-state index is 0.756. The first kappa shape index (κ1) is 13.3. The molecule has 2 aromatic heterocycles. The largest absolute Gasteiger partial charge is 0.384 e. The average Bonchev–Trinajstić information content (AvgIpc) is 2.45. The van der Waals surface area contributed by atoms with E-state index in [1.165, 1.54) is 0 Å². The molecule has 0 amide bonds. The normalized spacial score (nSPS) is 10.2. The van der Waals surface area contributed by atoms with Crippen molar-refractivity contribution in [2.45, 2.75) is 26.8 Å². The van der Waals surface area contributed by atoms with Gasteiger partial charge in [0, 0.05) is 25.0 Å². The lowest BCUT2D eigenvalue weighted by atomic mass is 10.2. The van der Waals surface area contributed by atoms with Crippen LogP contribution in [-0.2, 0) is 6.54 Å². The van der Waals surface area contributed by atoms with Crippen LogP contribution in [0.1, 0.15) is 24.6 Å². The van der Waals surface area contributed by atoms with Gasteiger partial charge in [0.05, 0.1) is 23.8 Å². The number of hydrogen-bond acceptors (Lipinski definition) is 4. The lowest BCUT2D eigenvalue weighted by Crippen LogP contribution is -2.03. The van der Waals surface area contributed by atoms with Crippen molar-refractivity contribution >= 4 is 11.4 Å². The molecular formula is C15H20N4. The van der Waals surface area contributed by atoms with Crippen LogP contribution in [0.5, 0.6) is 0 Å². The molecule has 2 aromatic rings. The van der Waals surface area contributed by atoms with Gasteiger partial charge in [-0.3, -0.25) is 9.97 Å². The Morgan fingerprint density at radius 3 is 2.53 bits per heavy atom. The first-order chi connectivity index (χ1) is 9.28. The summed E-state index contributed by atoms with van der Waals surface area (Å²) in [5.74, 6) is 0. The second-order valence-corrected chi connectivity index (χ2v) is 4.55. The van der Waals surface area contributed by atoms with Crippen LogP contribution < -0.4 is 10.6 Å². The molecule has 0 unspecified atom stereocenters. The molecule has 0 bridgehead atoms. The number of pyridine rings is 2. The first-order valence-corrected chi connectivity index (χ1v) is 6.62. The SMILES string of the molecule is CCCNc1cncc(NCc2ccc(C)nc2)c1. The van der Waals surface area contributed by atoms with E-state index in [4.69, 9.17) is 0 Å². The molecule has 2 rings (SSSR count). The Hall–Kier alpha value is -2.10. The van der Waals surface area contributed by atoms with Crippen molar-refractivity contribution in [1.82, 2.24) is 9.97 Å². The van der Waals surface area contributed by atoms with Gasteiger partial charge in [-0.1, -0.05) is 13.0 Å². The van der Waals surface area contributed by atoms with Crippen molar-refractivity contribution in [3.63, 3.8) is 0 Å². The van der Waals surface area contributed by atoms with Gasteiger partial charge in [-0.2, -0.15) is 0 Å². The number of anilines is 2. The highest BCUT2D eigenvalue weighted by Crippen LogP contribution is 2.14. The lowest BCUT2D eigenvalue weighted by molar-refractivity contribution is 0.977. The summed E-state index contributed by atoms with van der Waals surface area (Å²) in [7, 11) is 0. The Labute approximate surface area is 114 Å². The zero-order chi connectivity index (χ0) is 13.5. The summed E-state index contributed by atoms with van der Waals surface area (Å²) in [4.78, 5) is 8.50. The maximum atomic E-state index is 4.28. The summed E-state index contributed by atoms with van der Waals surface area (Å²) in [6.45, 7) is 5.86. The van der Waals surface area contributed by atoms with E-state index < -0.39 is 0 Å². The Morgan fingerprint density at radius 2 is 1.84 bits per heavy atom. The second kappa shape index (κ2) is 6.73. The number of hydrogen-bond donors (Lipinski definition) is 2. The summed E-state index contributed by atoms with van der Waals surface area (Å²) in [6.07, 6.45) is 6.68. The lowest BCUT2D eigenvalue weighted by Gasteiger charge is -2.09. The summed E-state index contributed by atoms with van der Waals surface area (Å²) >= 11 is 0. The molecule has 100 valence electrons. The van der Waals surface area contributed by atoms with Crippen molar-refractivity contribution in [3.05, 3.63) is 48.0 Å². The highest BCUT2D eigenvalue weighted by Gasteiger charge is 1.97. The fraction of sp³-hybridized carbons (Fsp3) is 0.333. The molecule has 0 saturated carbocycles. The summed E-state index contributed by atoms with van der Waals surface area (Å²) in [5.41, 5.74) is 4.27. The smallest absolute Gasteiger partial charge is 0.0550 e. The van der Waals surface area contributed by atoms with E-state index in [0.29, 0.717) is 0 Å². The molecule has 0 atom stereocenters. The monoisotopic (exact) mass is 256 g/mol. The number of nitrogens with one attached hydrogen (secondary N) is 2. The molecule has 0 aliphatic carbocycles. The van der Waals surface area contributed by atoms with Gasteiger partial charge < -0.3 is 10.6 Å². The van der Waals surface area contributed by atoms with Gasteiger partial charge in [-0.25, -0.2) is 0 Å². The van der Waals surface area contributed by atoms with Gasteiger partial charge in [-0.15, -0.1) is 0 Å². The van der Waals surface area contributed by atoms with Crippen molar-refractivity contribution in [3.8, 4) is 0 Å². The van der Waals surface area contributed by atoms with E-state index in [1.807, 2.05) is 31.6 Å². The van der Waals surface area contributed by atoms with Crippen LogP contribution in [0.15, 0.2) is 36.8 Å². The van der Waals surface area contributed by atoms with Crippen LogP contribution in [0.3, 0.4) is 0 Å². The van der Waals surface area contributed by atoms with Crippen LogP contribution in [0, 0.1) is 6.92 Å². The fourth-order valence-corrected chi connectivity index (χ4v) is 1.71. The van der Waals surface area contributed by atoms with Crippen LogP contribution in [0.2, 0.25) is 0 Å². The van der Waals surface area contributed by atoms with E-state index in [9.17, 15) is 0 Å². The molecule has 2 N–H and O–H groups in total. The van der Waals surface area contributed by atoms with Gasteiger partial charge in [0.15, 0.2) is 0 Å². The van der Waals surface area contributed by atoms with Gasteiger partial charge in [0.2, 0.25) is 0 Å². The minimum Gasteiger partial charge on any atom is -0.384 e. The first-order valence-electron chi connectivity index (χ1n) is 6.62. The van der Waals surface area contributed by atoms with Gasteiger partial charge in [-0.05, 0) is 31.0 Å². The maximum Gasteiger partial charge on any atom is 0.0550 e.